The van der Waals surface area contributed by atoms with Crippen molar-refractivity contribution in [3.8, 4) is 0 Å². The first-order valence-corrected chi connectivity index (χ1v) is 4.87. The Labute approximate surface area is 85.6 Å². The van der Waals surface area contributed by atoms with Crippen molar-refractivity contribution in [1.29, 1.82) is 0 Å². The van der Waals surface area contributed by atoms with E-state index >= 15 is 0 Å². The van der Waals surface area contributed by atoms with Crippen molar-refractivity contribution in [3.05, 3.63) is 39.4 Å². The molecule has 1 rings (SSSR count). The Morgan fingerprint density at radius 2 is 2.38 bits per heavy atom. The number of hydrogen-bond donors (Lipinski definition) is 2. The van der Waals surface area contributed by atoms with Crippen LogP contribution < -0.4 is 0 Å². The van der Waals surface area contributed by atoms with Gasteiger partial charge < -0.3 is 5.11 Å². The van der Waals surface area contributed by atoms with Crippen molar-refractivity contribution >= 4 is 36.0 Å². The quantitative estimate of drug-likeness (QED) is 0.459. The fraction of sp³-hybridized carbons (Fsp3) is 0. The van der Waals surface area contributed by atoms with Crippen LogP contribution in [0.2, 0.25) is 0 Å². The third-order valence-electron chi connectivity index (χ3n) is 1.28. The zero-order chi connectivity index (χ0) is 9.68. The van der Waals surface area contributed by atoms with Crippen LogP contribution in [0.5, 0.6) is 0 Å². The molecule has 0 saturated carbocycles. The maximum Gasteiger partial charge on any atom is 0.341 e. The van der Waals surface area contributed by atoms with Gasteiger partial charge in [0, 0.05) is 4.88 Å². The Kier molecular flexibility index (Phi) is 3.79. The van der Waals surface area contributed by atoms with Crippen molar-refractivity contribution in [1.82, 2.24) is 0 Å². The summed E-state index contributed by atoms with van der Waals surface area (Å²) < 4.78 is 0. The van der Waals surface area contributed by atoms with E-state index in [1.54, 1.807) is 17.4 Å². The van der Waals surface area contributed by atoms with Crippen molar-refractivity contribution < 1.29 is 9.90 Å². The van der Waals surface area contributed by atoms with E-state index in [1.165, 1.54) is 6.08 Å². The van der Waals surface area contributed by atoms with E-state index in [1.807, 2.05) is 23.6 Å². The van der Waals surface area contributed by atoms with Crippen LogP contribution in [-0.4, -0.2) is 11.1 Å². The Morgan fingerprint density at radius 3 is 2.92 bits per heavy atom. The van der Waals surface area contributed by atoms with Gasteiger partial charge in [-0.3, -0.25) is 0 Å². The lowest BCUT2D eigenvalue weighted by Gasteiger charge is -1.86. The van der Waals surface area contributed by atoms with Crippen LogP contribution in [0.15, 0.2) is 34.6 Å². The number of allylic oxidation sites excluding steroid dienone is 2. The first-order valence-electron chi connectivity index (χ1n) is 3.54. The molecule has 0 bridgehead atoms. The SMILES string of the molecule is O=C(O)/C(S)=C/C=C/c1cccs1. The van der Waals surface area contributed by atoms with Crippen molar-refractivity contribution in [2.75, 3.05) is 0 Å². The highest BCUT2D eigenvalue weighted by atomic mass is 32.1. The van der Waals surface area contributed by atoms with Gasteiger partial charge in [-0.15, -0.1) is 24.0 Å². The lowest BCUT2D eigenvalue weighted by molar-refractivity contribution is -0.131. The van der Waals surface area contributed by atoms with Crippen LogP contribution >= 0.6 is 24.0 Å². The van der Waals surface area contributed by atoms with E-state index in [0.29, 0.717) is 0 Å². The number of carbonyl (C=O) groups is 1. The van der Waals surface area contributed by atoms with Crippen molar-refractivity contribution in [2.24, 2.45) is 0 Å². The molecule has 0 amide bonds. The molecule has 13 heavy (non-hydrogen) atoms. The molecule has 0 aliphatic heterocycles. The molecule has 0 aliphatic carbocycles. The van der Waals surface area contributed by atoms with Gasteiger partial charge in [0.05, 0.1) is 4.91 Å². The van der Waals surface area contributed by atoms with E-state index in [9.17, 15) is 4.79 Å². The molecule has 68 valence electrons. The molecule has 1 aromatic rings. The average molecular weight is 212 g/mol. The third-order valence-corrected chi connectivity index (χ3v) is 2.45. The molecule has 0 fully saturated rings. The first kappa shape index (κ1) is 10.1. The van der Waals surface area contributed by atoms with Crippen LogP contribution in [0, 0.1) is 0 Å². The highest BCUT2D eigenvalue weighted by Crippen LogP contribution is 2.10. The largest absolute Gasteiger partial charge is 0.477 e. The Hall–Kier alpha value is -1.00. The first-order chi connectivity index (χ1) is 6.20. The highest BCUT2D eigenvalue weighted by Gasteiger charge is 1.96. The van der Waals surface area contributed by atoms with Crippen LogP contribution in [0.1, 0.15) is 4.88 Å². The molecule has 0 aliphatic rings. The number of carboxylic acid groups (broad SMARTS) is 1. The fourth-order valence-electron chi connectivity index (χ4n) is 0.691. The second-order valence-electron chi connectivity index (χ2n) is 2.23. The molecule has 0 atom stereocenters. The number of rotatable bonds is 3. The molecule has 0 spiro atoms. The number of thiophene rings is 1. The summed E-state index contributed by atoms with van der Waals surface area (Å²) in [6, 6.07) is 3.89. The Morgan fingerprint density at radius 1 is 1.62 bits per heavy atom. The molecule has 0 saturated heterocycles. The maximum atomic E-state index is 10.3. The van der Waals surface area contributed by atoms with Crippen molar-refractivity contribution in [3.63, 3.8) is 0 Å². The maximum absolute atomic E-state index is 10.3. The smallest absolute Gasteiger partial charge is 0.341 e. The summed E-state index contributed by atoms with van der Waals surface area (Å²) in [5.74, 6) is -1.01. The number of thiol groups is 1. The molecule has 1 aromatic heterocycles. The van der Waals surface area contributed by atoms with E-state index in [0.717, 1.165) is 4.88 Å². The lowest BCUT2D eigenvalue weighted by Crippen LogP contribution is -1.92. The molecule has 1 N–H and O–H groups in total. The number of carboxylic acids is 1. The molecule has 1 heterocycles. The van der Waals surface area contributed by atoms with Gasteiger partial charge in [0.15, 0.2) is 0 Å². The van der Waals surface area contributed by atoms with Gasteiger partial charge in [-0.2, -0.15) is 0 Å². The van der Waals surface area contributed by atoms with Gasteiger partial charge in [-0.25, -0.2) is 4.79 Å². The van der Waals surface area contributed by atoms with Gasteiger partial charge in [0.2, 0.25) is 0 Å². The van der Waals surface area contributed by atoms with E-state index in [-0.39, 0.29) is 4.91 Å². The standard InChI is InChI=1S/C9H8O2S2/c10-9(11)8(12)5-1-3-7-4-2-6-13-7/h1-6,12H,(H,10,11)/b3-1+,8-5-. The molecular formula is C9H8O2S2. The van der Waals surface area contributed by atoms with Crippen LogP contribution in [0.3, 0.4) is 0 Å². The third kappa shape index (κ3) is 3.48. The molecule has 0 aromatic carbocycles. The second kappa shape index (κ2) is 4.89. The Balaban J connectivity index is 2.60. The van der Waals surface area contributed by atoms with E-state index < -0.39 is 5.97 Å². The minimum absolute atomic E-state index is 0.0350. The number of hydrogen-bond acceptors (Lipinski definition) is 3. The summed E-state index contributed by atoms with van der Waals surface area (Å²) >= 11 is 5.36. The average Bonchev–Trinajstić information content (AvgIpc) is 2.56. The molecule has 0 unspecified atom stereocenters. The highest BCUT2D eigenvalue weighted by molar-refractivity contribution is 7.85. The minimum atomic E-state index is -1.01. The zero-order valence-electron chi connectivity index (χ0n) is 6.68. The zero-order valence-corrected chi connectivity index (χ0v) is 8.39. The van der Waals surface area contributed by atoms with Gasteiger partial charge >= 0.3 is 5.97 Å². The predicted octanol–water partition coefficient (Wildman–Crippen LogP) is 2.66. The molecular weight excluding hydrogens is 204 g/mol. The van der Waals surface area contributed by atoms with Gasteiger partial charge in [0.25, 0.3) is 0 Å². The summed E-state index contributed by atoms with van der Waals surface area (Å²) in [4.78, 5) is 11.4. The molecule has 4 heteroatoms. The topological polar surface area (TPSA) is 37.3 Å². The normalized spacial score (nSPS) is 12.2. The summed E-state index contributed by atoms with van der Waals surface area (Å²) in [5.41, 5.74) is 0. The number of aliphatic carboxylic acids is 1. The summed E-state index contributed by atoms with van der Waals surface area (Å²) in [6.07, 6.45) is 4.96. The predicted molar refractivity (Wildman–Crippen MR) is 58.1 cm³/mol. The molecule has 2 nitrogen and oxygen atoms in total. The fourth-order valence-corrected chi connectivity index (χ4v) is 1.41. The van der Waals surface area contributed by atoms with Gasteiger partial charge in [0.1, 0.15) is 0 Å². The van der Waals surface area contributed by atoms with E-state index in [2.05, 4.69) is 12.6 Å². The summed E-state index contributed by atoms with van der Waals surface area (Å²) in [6.45, 7) is 0. The van der Waals surface area contributed by atoms with Gasteiger partial charge in [-0.05, 0) is 23.6 Å². The lowest BCUT2D eigenvalue weighted by atomic mass is 10.4. The summed E-state index contributed by atoms with van der Waals surface area (Å²) in [7, 11) is 0. The Bertz CT molecular complexity index is 337. The summed E-state index contributed by atoms with van der Waals surface area (Å²) in [5, 5.41) is 10.4. The van der Waals surface area contributed by atoms with Crippen LogP contribution in [0.4, 0.5) is 0 Å². The van der Waals surface area contributed by atoms with Gasteiger partial charge in [-0.1, -0.05) is 12.1 Å². The molecule has 0 radical (unpaired) electrons. The minimum Gasteiger partial charge on any atom is -0.477 e. The van der Waals surface area contributed by atoms with E-state index in [4.69, 9.17) is 5.11 Å². The van der Waals surface area contributed by atoms with Crippen molar-refractivity contribution in [2.45, 2.75) is 0 Å². The van der Waals surface area contributed by atoms with Crippen LogP contribution in [0.25, 0.3) is 6.08 Å². The second-order valence-corrected chi connectivity index (χ2v) is 3.69. The monoisotopic (exact) mass is 212 g/mol. The van der Waals surface area contributed by atoms with Crippen LogP contribution in [-0.2, 0) is 4.79 Å².